The van der Waals surface area contributed by atoms with E-state index in [9.17, 15) is 4.79 Å². The first-order valence-electron chi connectivity index (χ1n) is 5.38. The Balaban J connectivity index is 2.06. The number of piperidine rings is 1. The molecule has 1 aliphatic heterocycles. The lowest BCUT2D eigenvalue weighted by Gasteiger charge is -2.29. The summed E-state index contributed by atoms with van der Waals surface area (Å²) in [4.78, 5) is 17.8. The summed E-state index contributed by atoms with van der Waals surface area (Å²) < 4.78 is 5.04. The standard InChI is InChI=1S/C11H16N2O2/c1-8-3-5-13(6-4-8)11(14)10-9(2)15-7-12-10/h7-8H,3-6H2,1-2H3. The highest BCUT2D eigenvalue weighted by molar-refractivity contribution is 5.93. The number of amides is 1. The number of hydrogen-bond acceptors (Lipinski definition) is 3. The highest BCUT2D eigenvalue weighted by Gasteiger charge is 2.24. The van der Waals surface area contributed by atoms with Gasteiger partial charge in [0.25, 0.3) is 5.91 Å². The zero-order valence-electron chi connectivity index (χ0n) is 9.19. The van der Waals surface area contributed by atoms with Gasteiger partial charge in [0.15, 0.2) is 12.1 Å². The maximum atomic E-state index is 12.0. The third-order valence-corrected chi connectivity index (χ3v) is 3.02. The summed E-state index contributed by atoms with van der Waals surface area (Å²) in [5, 5.41) is 0. The van der Waals surface area contributed by atoms with Gasteiger partial charge in [-0.15, -0.1) is 0 Å². The summed E-state index contributed by atoms with van der Waals surface area (Å²) >= 11 is 0. The number of aryl methyl sites for hydroxylation is 1. The SMILES string of the molecule is Cc1ocnc1C(=O)N1CCC(C)CC1. The second kappa shape index (κ2) is 4.04. The molecule has 1 amide bonds. The Kier molecular flexibility index (Phi) is 2.75. The van der Waals surface area contributed by atoms with E-state index in [2.05, 4.69) is 11.9 Å². The fourth-order valence-electron chi connectivity index (χ4n) is 1.87. The largest absolute Gasteiger partial charge is 0.448 e. The van der Waals surface area contributed by atoms with E-state index in [1.54, 1.807) is 6.92 Å². The van der Waals surface area contributed by atoms with Crippen LogP contribution >= 0.6 is 0 Å². The Hall–Kier alpha value is -1.32. The van der Waals surface area contributed by atoms with Crippen LogP contribution < -0.4 is 0 Å². The lowest BCUT2D eigenvalue weighted by molar-refractivity contribution is 0.0690. The first kappa shape index (κ1) is 10.2. The van der Waals surface area contributed by atoms with Crippen LogP contribution in [0, 0.1) is 12.8 Å². The van der Waals surface area contributed by atoms with E-state index in [0.717, 1.165) is 31.8 Å². The third-order valence-electron chi connectivity index (χ3n) is 3.02. The van der Waals surface area contributed by atoms with Gasteiger partial charge in [0.2, 0.25) is 0 Å². The molecule has 0 atom stereocenters. The van der Waals surface area contributed by atoms with Crippen molar-refractivity contribution in [3.8, 4) is 0 Å². The van der Waals surface area contributed by atoms with Gasteiger partial charge in [-0.2, -0.15) is 0 Å². The number of likely N-dealkylation sites (tertiary alicyclic amines) is 1. The Morgan fingerprint density at radius 2 is 2.20 bits per heavy atom. The number of aromatic nitrogens is 1. The van der Waals surface area contributed by atoms with Crippen molar-refractivity contribution in [2.45, 2.75) is 26.7 Å². The summed E-state index contributed by atoms with van der Waals surface area (Å²) in [5.41, 5.74) is 0.463. The molecule has 2 rings (SSSR count). The fraction of sp³-hybridized carbons (Fsp3) is 0.636. The normalized spacial score (nSPS) is 18.1. The molecule has 0 aromatic carbocycles. The minimum absolute atomic E-state index is 0.00755. The van der Waals surface area contributed by atoms with Crippen LogP contribution in [0.2, 0.25) is 0 Å². The molecule has 0 aliphatic carbocycles. The summed E-state index contributed by atoms with van der Waals surface area (Å²) in [5.74, 6) is 1.35. The van der Waals surface area contributed by atoms with Gasteiger partial charge in [0.05, 0.1) is 0 Å². The molecule has 1 aromatic heterocycles. The van der Waals surface area contributed by atoms with Crippen LogP contribution in [0.1, 0.15) is 36.0 Å². The van der Waals surface area contributed by atoms with Crippen LogP contribution in [0.4, 0.5) is 0 Å². The third kappa shape index (κ3) is 2.03. The zero-order chi connectivity index (χ0) is 10.8. The maximum Gasteiger partial charge on any atom is 0.276 e. The lowest BCUT2D eigenvalue weighted by atomic mass is 9.99. The number of carbonyl (C=O) groups excluding carboxylic acids is 1. The average Bonchev–Trinajstić information content (AvgIpc) is 2.65. The predicted octanol–water partition coefficient (Wildman–Crippen LogP) is 1.86. The van der Waals surface area contributed by atoms with Crippen molar-refractivity contribution >= 4 is 5.91 Å². The van der Waals surface area contributed by atoms with E-state index in [1.165, 1.54) is 6.39 Å². The van der Waals surface area contributed by atoms with Crippen molar-refractivity contribution in [1.82, 2.24) is 9.88 Å². The van der Waals surface area contributed by atoms with Crippen molar-refractivity contribution in [1.29, 1.82) is 0 Å². The molecule has 0 N–H and O–H groups in total. The minimum atomic E-state index is 0.00755. The first-order valence-corrected chi connectivity index (χ1v) is 5.38. The first-order chi connectivity index (χ1) is 7.18. The molecule has 1 fully saturated rings. The van der Waals surface area contributed by atoms with Crippen molar-refractivity contribution < 1.29 is 9.21 Å². The maximum absolute atomic E-state index is 12.0. The Morgan fingerprint density at radius 1 is 1.53 bits per heavy atom. The molecular weight excluding hydrogens is 192 g/mol. The fourth-order valence-corrected chi connectivity index (χ4v) is 1.87. The number of nitrogens with zero attached hydrogens (tertiary/aromatic N) is 2. The molecule has 1 saturated heterocycles. The van der Waals surface area contributed by atoms with E-state index in [-0.39, 0.29) is 5.91 Å². The highest BCUT2D eigenvalue weighted by atomic mass is 16.3. The second-order valence-corrected chi connectivity index (χ2v) is 4.23. The van der Waals surface area contributed by atoms with Gasteiger partial charge in [-0.25, -0.2) is 4.98 Å². The highest BCUT2D eigenvalue weighted by Crippen LogP contribution is 2.18. The van der Waals surface area contributed by atoms with Crippen molar-refractivity contribution in [3.63, 3.8) is 0 Å². The Labute approximate surface area is 89.3 Å². The number of rotatable bonds is 1. The van der Waals surface area contributed by atoms with Crippen LogP contribution in [-0.4, -0.2) is 28.9 Å². The molecule has 4 heteroatoms. The van der Waals surface area contributed by atoms with Gasteiger partial charge in [-0.05, 0) is 25.7 Å². The van der Waals surface area contributed by atoms with Gasteiger partial charge in [0, 0.05) is 13.1 Å². The van der Waals surface area contributed by atoms with E-state index in [0.29, 0.717) is 11.5 Å². The number of oxazole rings is 1. The topological polar surface area (TPSA) is 46.3 Å². The van der Waals surface area contributed by atoms with Crippen LogP contribution in [0.15, 0.2) is 10.8 Å². The van der Waals surface area contributed by atoms with Crippen molar-refractivity contribution in [2.24, 2.45) is 5.92 Å². The molecule has 4 nitrogen and oxygen atoms in total. The van der Waals surface area contributed by atoms with Gasteiger partial charge in [-0.3, -0.25) is 4.79 Å². The monoisotopic (exact) mass is 208 g/mol. The van der Waals surface area contributed by atoms with Gasteiger partial charge >= 0.3 is 0 Å². The molecule has 2 heterocycles. The molecule has 0 radical (unpaired) electrons. The van der Waals surface area contributed by atoms with E-state index < -0.39 is 0 Å². The molecule has 0 saturated carbocycles. The van der Waals surface area contributed by atoms with Gasteiger partial charge in [0.1, 0.15) is 5.76 Å². The minimum Gasteiger partial charge on any atom is -0.448 e. The van der Waals surface area contributed by atoms with Crippen molar-refractivity contribution in [3.05, 3.63) is 17.8 Å². The predicted molar refractivity (Wildman–Crippen MR) is 55.5 cm³/mol. The number of hydrogen-bond donors (Lipinski definition) is 0. The summed E-state index contributed by atoms with van der Waals surface area (Å²) in [7, 11) is 0. The summed E-state index contributed by atoms with van der Waals surface area (Å²) in [6.07, 6.45) is 3.50. The van der Waals surface area contributed by atoms with E-state index in [1.807, 2.05) is 4.90 Å². The molecule has 0 spiro atoms. The van der Waals surface area contributed by atoms with E-state index >= 15 is 0 Å². The van der Waals surface area contributed by atoms with Crippen LogP contribution in [0.3, 0.4) is 0 Å². The van der Waals surface area contributed by atoms with Gasteiger partial charge < -0.3 is 9.32 Å². The molecule has 1 aromatic rings. The Bertz CT molecular complexity index is 351. The Morgan fingerprint density at radius 3 is 2.73 bits per heavy atom. The van der Waals surface area contributed by atoms with Gasteiger partial charge in [-0.1, -0.05) is 6.92 Å². The van der Waals surface area contributed by atoms with Crippen LogP contribution in [0.25, 0.3) is 0 Å². The summed E-state index contributed by atoms with van der Waals surface area (Å²) in [6.45, 7) is 5.68. The van der Waals surface area contributed by atoms with Crippen molar-refractivity contribution in [2.75, 3.05) is 13.1 Å². The molecule has 1 aliphatic rings. The van der Waals surface area contributed by atoms with Crippen LogP contribution in [0.5, 0.6) is 0 Å². The second-order valence-electron chi connectivity index (χ2n) is 4.23. The van der Waals surface area contributed by atoms with Crippen LogP contribution in [-0.2, 0) is 0 Å². The molecule has 0 unspecified atom stereocenters. The lowest BCUT2D eigenvalue weighted by Crippen LogP contribution is -2.38. The molecule has 15 heavy (non-hydrogen) atoms. The molecular formula is C11H16N2O2. The quantitative estimate of drug-likeness (QED) is 0.707. The average molecular weight is 208 g/mol. The van der Waals surface area contributed by atoms with E-state index in [4.69, 9.17) is 4.42 Å². The molecule has 0 bridgehead atoms. The smallest absolute Gasteiger partial charge is 0.276 e. The zero-order valence-corrected chi connectivity index (χ0v) is 9.19. The molecule has 82 valence electrons. The number of carbonyl (C=O) groups is 1. The summed E-state index contributed by atoms with van der Waals surface area (Å²) in [6, 6.07) is 0.